The van der Waals surface area contributed by atoms with Crippen LogP contribution in [0.2, 0.25) is 5.02 Å². The average molecular weight is 306 g/mol. The molecule has 1 aliphatic heterocycles. The Balaban J connectivity index is 2.31. The molecule has 1 saturated heterocycles. The Labute approximate surface area is 117 Å². The molecule has 1 heterocycles. The molecule has 0 aliphatic carbocycles. The summed E-state index contributed by atoms with van der Waals surface area (Å²) in [6.07, 6.45) is 0.692. The third kappa shape index (κ3) is 3.02. The average Bonchev–Trinajstić information content (AvgIpc) is 2.38. The van der Waals surface area contributed by atoms with E-state index in [0.717, 1.165) is 0 Å². The number of aliphatic hydroxyl groups excluding tert-OH is 1. The number of sulfonamides is 1. The van der Waals surface area contributed by atoms with Crippen molar-refractivity contribution in [3.05, 3.63) is 23.2 Å². The Hall–Kier alpha value is -0.820. The lowest BCUT2D eigenvalue weighted by molar-refractivity contribution is 0.108. The molecule has 106 valence electrons. The van der Waals surface area contributed by atoms with Gasteiger partial charge in [-0.15, -0.1) is 0 Å². The van der Waals surface area contributed by atoms with E-state index in [2.05, 4.69) is 0 Å². The summed E-state index contributed by atoms with van der Waals surface area (Å²) < 4.78 is 31.1. The Morgan fingerprint density at radius 3 is 2.79 bits per heavy atom. The summed E-state index contributed by atoms with van der Waals surface area (Å²) in [5, 5.41) is 9.83. The zero-order valence-electron chi connectivity index (χ0n) is 10.5. The van der Waals surface area contributed by atoms with Crippen molar-refractivity contribution in [1.29, 1.82) is 0 Å². The third-order valence-electron chi connectivity index (χ3n) is 3.12. The first-order valence-electron chi connectivity index (χ1n) is 5.97. The van der Waals surface area contributed by atoms with Crippen LogP contribution in [-0.4, -0.2) is 44.1 Å². The van der Waals surface area contributed by atoms with E-state index in [-0.39, 0.29) is 16.5 Å². The highest BCUT2D eigenvalue weighted by Gasteiger charge is 2.29. The quantitative estimate of drug-likeness (QED) is 0.919. The summed E-state index contributed by atoms with van der Waals surface area (Å²) in [5.41, 5.74) is 0. The molecule has 19 heavy (non-hydrogen) atoms. The van der Waals surface area contributed by atoms with E-state index in [4.69, 9.17) is 16.3 Å². The second-order valence-corrected chi connectivity index (χ2v) is 6.80. The van der Waals surface area contributed by atoms with E-state index in [9.17, 15) is 13.5 Å². The van der Waals surface area contributed by atoms with Crippen LogP contribution in [0.3, 0.4) is 0 Å². The van der Waals surface area contributed by atoms with Gasteiger partial charge in [-0.2, -0.15) is 4.31 Å². The van der Waals surface area contributed by atoms with Gasteiger partial charge in [0.05, 0.1) is 23.1 Å². The SMILES string of the molecule is COc1ccc(S(=O)(=O)N2CCCC(O)C2)cc1Cl. The number of rotatable bonds is 3. The zero-order valence-corrected chi connectivity index (χ0v) is 12.1. The fraction of sp³-hybridized carbons (Fsp3) is 0.500. The Morgan fingerprint density at radius 2 is 2.21 bits per heavy atom. The molecule has 5 nitrogen and oxygen atoms in total. The second-order valence-electron chi connectivity index (χ2n) is 4.46. The van der Waals surface area contributed by atoms with Crippen molar-refractivity contribution in [3.8, 4) is 5.75 Å². The van der Waals surface area contributed by atoms with Crippen molar-refractivity contribution in [2.45, 2.75) is 23.8 Å². The molecule has 0 spiro atoms. The lowest BCUT2D eigenvalue weighted by Gasteiger charge is -2.29. The molecular formula is C12H16ClNO4S. The van der Waals surface area contributed by atoms with Crippen LogP contribution < -0.4 is 4.74 Å². The normalized spacial score (nSPS) is 21.3. The largest absolute Gasteiger partial charge is 0.495 e. The molecule has 0 amide bonds. The molecule has 0 saturated carbocycles. The second kappa shape index (κ2) is 5.66. The number of β-amino-alcohol motifs (C(OH)–C–C–N with tert-alkyl or cyclic N) is 1. The fourth-order valence-electron chi connectivity index (χ4n) is 2.10. The summed E-state index contributed by atoms with van der Waals surface area (Å²) in [4.78, 5) is 0.118. The van der Waals surface area contributed by atoms with Gasteiger partial charge in [-0.3, -0.25) is 0 Å². The summed E-state index contributed by atoms with van der Waals surface area (Å²) in [6, 6.07) is 4.35. The minimum atomic E-state index is -3.61. The number of aliphatic hydroxyl groups is 1. The Morgan fingerprint density at radius 1 is 1.47 bits per heavy atom. The van der Waals surface area contributed by atoms with E-state index in [1.807, 2.05) is 0 Å². The fourth-order valence-corrected chi connectivity index (χ4v) is 3.96. The summed E-state index contributed by atoms with van der Waals surface area (Å²) in [5.74, 6) is 0.430. The Bertz CT molecular complexity index is 561. The number of ether oxygens (including phenoxy) is 1. The van der Waals surface area contributed by atoms with E-state index in [1.54, 1.807) is 0 Å². The monoisotopic (exact) mass is 305 g/mol. The van der Waals surface area contributed by atoms with Gasteiger partial charge in [0.1, 0.15) is 5.75 Å². The maximum absolute atomic E-state index is 12.4. The molecule has 1 unspecified atom stereocenters. The lowest BCUT2D eigenvalue weighted by atomic mass is 10.1. The molecule has 0 aromatic heterocycles. The molecule has 1 aromatic rings. The van der Waals surface area contributed by atoms with Gasteiger partial charge in [0.15, 0.2) is 0 Å². The maximum Gasteiger partial charge on any atom is 0.243 e. The summed E-state index contributed by atoms with van der Waals surface area (Å²) >= 11 is 5.95. The molecule has 1 aromatic carbocycles. The number of benzene rings is 1. The van der Waals surface area contributed by atoms with E-state index in [0.29, 0.717) is 25.1 Å². The van der Waals surface area contributed by atoms with Crippen LogP contribution in [0.25, 0.3) is 0 Å². The van der Waals surface area contributed by atoms with Crippen molar-refractivity contribution < 1.29 is 18.3 Å². The number of hydrogen-bond acceptors (Lipinski definition) is 4. The molecule has 1 N–H and O–H groups in total. The van der Waals surface area contributed by atoms with Crippen molar-refractivity contribution in [1.82, 2.24) is 4.31 Å². The van der Waals surface area contributed by atoms with Gasteiger partial charge in [-0.25, -0.2) is 8.42 Å². The van der Waals surface area contributed by atoms with Crippen LogP contribution >= 0.6 is 11.6 Å². The van der Waals surface area contributed by atoms with Gasteiger partial charge in [-0.1, -0.05) is 11.6 Å². The Kier molecular flexibility index (Phi) is 4.35. The maximum atomic E-state index is 12.4. The van der Waals surface area contributed by atoms with Crippen LogP contribution in [0.5, 0.6) is 5.75 Å². The van der Waals surface area contributed by atoms with Crippen LogP contribution in [0.15, 0.2) is 23.1 Å². The van der Waals surface area contributed by atoms with Gasteiger partial charge in [0.2, 0.25) is 10.0 Å². The summed E-state index contributed by atoms with van der Waals surface area (Å²) in [7, 11) is -2.14. The number of piperidine rings is 1. The van der Waals surface area contributed by atoms with E-state index >= 15 is 0 Å². The molecular weight excluding hydrogens is 290 g/mol. The molecule has 1 atom stereocenters. The predicted octanol–water partition coefficient (Wildman–Crippen LogP) is 1.49. The van der Waals surface area contributed by atoms with Crippen molar-refractivity contribution in [3.63, 3.8) is 0 Å². The van der Waals surface area contributed by atoms with Crippen LogP contribution in [0, 0.1) is 0 Å². The number of methoxy groups -OCH3 is 1. The van der Waals surface area contributed by atoms with Crippen molar-refractivity contribution in [2.24, 2.45) is 0 Å². The lowest BCUT2D eigenvalue weighted by Crippen LogP contribution is -2.42. The minimum Gasteiger partial charge on any atom is -0.495 e. The first-order valence-corrected chi connectivity index (χ1v) is 7.78. The topological polar surface area (TPSA) is 66.8 Å². The molecule has 1 aliphatic rings. The van der Waals surface area contributed by atoms with Crippen molar-refractivity contribution in [2.75, 3.05) is 20.2 Å². The minimum absolute atomic E-state index is 0.118. The van der Waals surface area contributed by atoms with Gasteiger partial charge in [-0.05, 0) is 31.0 Å². The van der Waals surface area contributed by atoms with Gasteiger partial charge < -0.3 is 9.84 Å². The van der Waals surface area contributed by atoms with Crippen LogP contribution in [0.1, 0.15) is 12.8 Å². The summed E-state index contributed by atoms with van der Waals surface area (Å²) in [6.45, 7) is 0.551. The first kappa shape index (κ1) is 14.6. The highest BCUT2D eigenvalue weighted by molar-refractivity contribution is 7.89. The molecule has 0 bridgehead atoms. The molecule has 0 radical (unpaired) electrons. The highest BCUT2D eigenvalue weighted by Crippen LogP contribution is 2.29. The number of hydrogen-bond donors (Lipinski definition) is 1. The molecule has 2 rings (SSSR count). The van der Waals surface area contributed by atoms with Crippen LogP contribution in [-0.2, 0) is 10.0 Å². The van der Waals surface area contributed by atoms with E-state index < -0.39 is 16.1 Å². The first-order chi connectivity index (χ1) is 8.95. The smallest absolute Gasteiger partial charge is 0.243 e. The number of nitrogens with zero attached hydrogens (tertiary/aromatic N) is 1. The standard InChI is InChI=1S/C12H16ClNO4S/c1-18-12-5-4-10(7-11(12)13)19(16,17)14-6-2-3-9(15)8-14/h4-5,7,9,15H,2-3,6,8H2,1H3. The number of halogens is 1. The van der Waals surface area contributed by atoms with E-state index in [1.165, 1.54) is 29.6 Å². The molecule has 7 heteroatoms. The zero-order chi connectivity index (χ0) is 14.0. The van der Waals surface area contributed by atoms with Crippen LogP contribution in [0.4, 0.5) is 0 Å². The van der Waals surface area contributed by atoms with Crippen molar-refractivity contribution >= 4 is 21.6 Å². The van der Waals surface area contributed by atoms with Gasteiger partial charge in [0.25, 0.3) is 0 Å². The highest BCUT2D eigenvalue weighted by atomic mass is 35.5. The van der Waals surface area contributed by atoms with Gasteiger partial charge in [0, 0.05) is 13.1 Å². The third-order valence-corrected chi connectivity index (χ3v) is 5.28. The predicted molar refractivity (Wildman–Crippen MR) is 72.0 cm³/mol. The van der Waals surface area contributed by atoms with Gasteiger partial charge >= 0.3 is 0 Å². The molecule has 1 fully saturated rings.